The van der Waals surface area contributed by atoms with E-state index in [4.69, 9.17) is 9.15 Å². The Kier molecular flexibility index (Phi) is 2.15. The van der Waals surface area contributed by atoms with E-state index >= 15 is 0 Å². The molecular weight excluding hydrogens is 208 g/mol. The Hall–Kier alpha value is -0.410. The van der Waals surface area contributed by atoms with Gasteiger partial charge in [-0.15, -0.1) is 12.6 Å². The molecule has 3 heteroatoms. The first-order valence-electron chi connectivity index (χ1n) is 5.58. The van der Waals surface area contributed by atoms with Crippen molar-refractivity contribution < 1.29 is 9.15 Å². The van der Waals surface area contributed by atoms with Crippen LogP contribution in [0.4, 0.5) is 0 Å². The topological polar surface area (TPSA) is 22.4 Å². The lowest BCUT2D eigenvalue weighted by molar-refractivity contribution is 0.0190. The van der Waals surface area contributed by atoms with E-state index in [1.54, 1.807) is 0 Å². The average molecular weight is 224 g/mol. The number of rotatable bonds is 0. The number of hydrogen-bond acceptors (Lipinski definition) is 3. The normalized spacial score (nSPS) is 23.3. The highest BCUT2D eigenvalue weighted by Gasteiger charge is 2.41. The van der Waals surface area contributed by atoms with Crippen LogP contribution in [0.5, 0.6) is 0 Å². The quantitative estimate of drug-likeness (QED) is 0.685. The van der Waals surface area contributed by atoms with Crippen molar-refractivity contribution in [1.82, 2.24) is 0 Å². The number of thiol groups is 1. The Bertz CT molecular complexity index is 360. The summed E-state index contributed by atoms with van der Waals surface area (Å²) in [4.78, 5) is 0. The van der Waals surface area contributed by atoms with Crippen molar-refractivity contribution in [3.8, 4) is 0 Å². The van der Waals surface area contributed by atoms with Gasteiger partial charge in [-0.2, -0.15) is 0 Å². The van der Waals surface area contributed by atoms with E-state index in [1.165, 1.54) is 30.4 Å². The summed E-state index contributed by atoms with van der Waals surface area (Å²) in [5.41, 5.74) is 3.24. The highest BCUT2D eigenvalue weighted by Crippen LogP contribution is 2.47. The fourth-order valence-electron chi connectivity index (χ4n) is 2.99. The van der Waals surface area contributed by atoms with Crippen LogP contribution in [-0.4, -0.2) is 13.2 Å². The van der Waals surface area contributed by atoms with Crippen LogP contribution in [0.25, 0.3) is 0 Å². The SMILES string of the molecule is Cc1oc(S)c2c1CC1(CCOCC1)C2. The second-order valence-electron chi connectivity index (χ2n) is 4.89. The number of furan rings is 1. The maximum Gasteiger partial charge on any atom is 0.160 e. The summed E-state index contributed by atoms with van der Waals surface area (Å²) >= 11 is 4.41. The Morgan fingerprint density at radius 3 is 2.47 bits per heavy atom. The number of aryl methyl sites for hydroxylation is 1. The molecule has 2 aliphatic rings. The molecule has 1 saturated heterocycles. The number of hydrogen-bond donors (Lipinski definition) is 1. The largest absolute Gasteiger partial charge is 0.455 e. The van der Waals surface area contributed by atoms with Crippen molar-refractivity contribution in [2.75, 3.05) is 13.2 Å². The van der Waals surface area contributed by atoms with Gasteiger partial charge in [0.25, 0.3) is 0 Å². The standard InChI is InChI=1S/C12H16O2S/c1-8-9-6-12(2-4-13-5-3-12)7-10(9)11(15)14-8/h15H,2-7H2,1H3. The van der Waals surface area contributed by atoms with Gasteiger partial charge in [-0.05, 0) is 43.6 Å². The van der Waals surface area contributed by atoms with Gasteiger partial charge in [-0.25, -0.2) is 0 Å². The maximum atomic E-state index is 5.55. The van der Waals surface area contributed by atoms with E-state index in [0.717, 1.165) is 30.5 Å². The minimum absolute atomic E-state index is 0.460. The van der Waals surface area contributed by atoms with E-state index < -0.39 is 0 Å². The molecule has 0 radical (unpaired) electrons. The van der Waals surface area contributed by atoms with Crippen molar-refractivity contribution in [1.29, 1.82) is 0 Å². The fourth-order valence-corrected chi connectivity index (χ4v) is 3.34. The Labute approximate surface area is 95.4 Å². The van der Waals surface area contributed by atoms with Gasteiger partial charge in [0.2, 0.25) is 0 Å². The molecule has 82 valence electrons. The van der Waals surface area contributed by atoms with Crippen LogP contribution in [0.3, 0.4) is 0 Å². The van der Waals surface area contributed by atoms with E-state index in [-0.39, 0.29) is 0 Å². The molecule has 1 aliphatic heterocycles. The molecule has 2 nitrogen and oxygen atoms in total. The van der Waals surface area contributed by atoms with Crippen LogP contribution in [-0.2, 0) is 17.6 Å². The van der Waals surface area contributed by atoms with Gasteiger partial charge < -0.3 is 9.15 Å². The molecule has 0 atom stereocenters. The summed E-state index contributed by atoms with van der Waals surface area (Å²) in [7, 11) is 0. The molecule has 2 heterocycles. The zero-order valence-electron chi connectivity index (χ0n) is 9.01. The molecule has 1 spiro atoms. The summed E-state index contributed by atoms with van der Waals surface area (Å²) < 4.78 is 11.0. The third-order valence-corrected chi connectivity index (χ3v) is 4.32. The monoisotopic (exact) mass is 224 g/mol. The molecule has 1 aliphatic carbocycles. The zero-order valence-corrected chi connectivity index (χ0v) is 9.90. The molecule has 3 rings (SSSR count). The minimum atomic E-state index is 0.460. The molecule has 0 aromatic carbocycles. The lowest BCUT2D eigenvalue weighted by atomic mass is 9.77. The van der Waals surface area contributed by atoms with Gasteiger partial charge in [0.05, 0.1) is 0 Å². The van der Waals surface area contributed by atoms with Crippen molar-refractivity contribution in [2.24, 2.45) is 5.41 Å². The van der Waals surface area contributed by atoms with Crippen molar-refractivity contribution >= 4 is 12.6 Å². The van der Waals surface area contributed by atoms with E-state index in [1.807, 2.05) is 0 Å². The second-order valence-corrected chi connectivity index (χ2v) is 5.29. The minimum Gasteiger partial charge on any atom is -0.455 e. The van der Waals surface area contributed by atoms with Gasteiger partial charge in [0, 0.05) is 18.8 Å². The highest BCUT2D eigenvalue weighted by molar-refractivity contribution is 7.80. The molecule has 15 heavy (non-hydrogen) atoms. The van der Waals surface area contributed by atoms with E-state index in [9.17, 15) is 0 Å². The number of ether oxygens (including phenoxy) is 1. The van der Waals surface area contributed by atoms with Gasteiger partial charge >= 0.3 is 0 Å². The first kappa shape index (κ1) is 9.79. The van der Waals surface area contributed by atoms with Gasteiger partial charge in [-0.3, -0.25) is 0 Å². The predicted octanol–water partition coefficient (Wildman–Crippen LogP) is 2.77. The fraction of sp³-hybridized carbons (Fsp3) is 0.667. The molecule has 1 aromatic rings. The highest BCUT2D eigenvalue weighted by atomic mass is 32.1. The van der Waals surface area contributed by atoms with E-state index in [0.29, 0.717) is 5.41 Å². The molecule has 0 amide bonds. The molecule has 0 N–H and O–H groups in total. The van der Waals surface area contributed by atoms with E-state index in [2.05, 4.69) is 19.6 Å². The average Bonchev–Trinajstić information content (AvgIpc) is 2.69. The first-order valence-corrected chi connectivity index (χ1v) is 6.03. The zero-order chi connectivity index (χ0) is 10.5. The van der Waals surface area contributed by atoms with Crippen molar-refractivity contribution in [2.45, 2.75) is 37.7 Å². The lowest BCUT2D eigenvalue weighted by Crippen LogP contribution is -2.30. The van der Waals surface area contributed by atoms with Crippen LogP contribution in [0.2, 0.25) is 0 Å². The lowest BCUT2D eigenvalue weighted by Gasteiger charge is -2.33. The molecular formula is C12H16O2S. The van der Waals surface area contributed by atoms with Gasteiger partial charge in [0.1, 0.15) is 5.76 Å². The van der Waals surface area contributed by atoms with Crippen molar-refractivity contribution in [3.05, 3.63) is 16.9 Å². The van der Waals surface area contributed by atoms with Gasteiger partial charge in [-0.1, -0.05) is 0 Å². The van der Waals surface area contributed by atoms with Gasteiger partial charge in [0.15, 0.2) is 5.09 Å². The van der Waals surface area contributed by atoms with Crippen molar-refractivity contribution in [3.63, 3.8) is 0 Å². The first-order chi connectivity index (χ1) is 7.20. The second kappa shape index (κ2) is 3.29. The summed E-state index contributed by atoms with van der Waals surface area (Å²) in [5.74, 6) is 1.07. The third-order valence-electron chi connectivity index (χ3n) is 3.95. The third kappa shape index (κ3) is 1.44. The predicted molar refractivity (Wildman–Crippen MR) is 60.6 cm³/mol. The molecule has 0 unspecified atom stereocenters. The van der Waals surface area contributed by atoms with Crippen LogP contribution in [0.1, 0.15) is 29.7 Å². The summed E-state index contributed by atoms with van der Waals surface area (Å²) in [6.45, 7) is 3.89. The maximum absolute atomic E-state index is 5.55. The molecule has 0 bridgehead atoms. The Morgan fingerprint density at radius 2 is 1.80 bits per heavy atom. The molecule has 1 fully saturated rings. The molecule has 1 aromatic heterocycles. The molecule has 0 saturated carbocycles. The summed E-state index contributed by atoms with van der Waals surface area (Å²) in [5, 5.41) is 0.839. The summed E-state index contributed by atoms with van der Waals surface area (Å²) in [6.07, 6.45) is 4.69. The van der Waals surface area contributed by atoms with Crippen LogP contribution in [0, 0.1) is 12.3 Å². The number of fused-ring (bicyclic) bond motifs is 1. The van der Waals surface area contributed by atoms with Crippen LogP contribution < -0.4 is 0 Å². The van der Waals surface area contributed by atoms with Crippen LogP contribution in [0.15, 0.2) is 9.51 Å². The Morgan fingerprint density at radius 1 is 1.13 bits per heavy atom. The summed E-state index contributed by atoms with van der Waals surface area (Å²) in [6, 6.07) is 0. The van der Waals surface area contributed by atoms with Crippen LogP contribution >= 0.6 is 12.6 Å². The smallest absolute Gasteiger partial charge is 0.160 e. The Balaban J connectivity index is 1.94.